The maximum absolute atomic E-state index is 2.47. The smallest absolute Gasteiger partial charge is 0.0547 e. The summed E-state index contributed by atoms with van der Waals surface area (Å²) in [6, 6.07) is 43.0. The summed E-state index contributed by atoms with van der Waals surface area (Å²) in [7, 11) is 0. The average Bonchev–Trinajstić information content (AvgIpc) is 3.57. The van der Waals surface area contributed by atoms with E-state index in [9.17, 15) is 0 Å². The van der Waals surface area contributed by atoms with Gasteiger partial charge in [-0.15, -0.1) is 11.3 Å². The van der Waals surface area contributed by atoms with Crippen LogP contribution in [-0.2, 0) is 5.41 Å². The molecular formula is C37H25NS. The van der Waals surface area contributed by atoms with Gasteiger partial charge in [-0.05, 0) is 69.4 Å². The quantitative estimate of drug-likeness (QED) is 0.205. The lowest BCUT2D eigenvalue weighted by atomic mass is 9.80. The molecule has 1 nitrogen and oxygen atoms in total. The standard InChI is InChI=1S/C37H25NS/c1-37(2)31-12-6-3-9-24(31)28-17-15-22-19-33-30(21-29(22)36(28)37)25-10-4-7-13-32(25)38(33)23-16-18-27-26-11-5-8-14-34(26)39-35(27)20-23/h3-21H,1-2H3. The zero-order chi connectivity index (χ0) is 25.9. The van der Waals surface area contributed by atoms with Gasteiger partial charge in [-0.2, -0.15) is 0 Å². The Morgan fingerprint density at radius 2 is 1.31 bits per heavy atom. The van der Waals surface area contributed by atoms with Gasteiger partial charge in [0.25, 0.3) is 0 Å². The maximum atomic E-state index is 2.47. The molecule has 39 heavy (non-hydrogen) atoms. The molecule has 2 heteroatoms. The zero-order valence-corrected chi connectivity index (χ0v) is 22.6. The minimum absolute atomic E-state index is 0.0380. The molecule has 0 spiro atoms. The highest BCUT2D eigenvalue weighted by atomic mass is 32.1. The minimum Gasteiger partial charge on any atom is -0.309 e. The summed E-state index contributed by atoms with van der Waals surface area (Å²) in [6.07, 6.45) is 0. The molecule has 0 N–H and O–H groups in total. The van der Waals surface area contributed by atoms with Gasteiger partial charge in [0.2, 0.25) is 0 Å². The van der Waals surface area contributed by atoms with Crippen LogP contribution in [0, 0.1) is 0 Å². The second kappa shape index (κ2) is 7.37. The molecule has 2 heterocycles. The first-order valence-corrected chi connectivity index (χ1v) is 14.4. The van der Waals surface area contributed by atoms with Crippen LogP contribution in [-0.4, -0.2) is 4.57 Å². The lowest BCUT2D eigenvalue weighted by Gasteiger charge is -2.23. The highest BCUT2D eigenvalue weighted by molar-refractivity contribution is 7.25. The van der Waals surface area contributed by atoms with Crippen molar-refractivity contribution in [2.75, 3.05) is 0 Å². The Kier molecular flexibility index (Phi) is 4.07. The molecule has 9 rings (SSSR count). The topological polar surface area (TPSA) is 4.93 Å². The summed E-state index contributed by atoms with van der Waals surface area (Å²) in [5, 5.41) is 7.96. The second-order valence-electron chi connectivity index (χ2n) is 11.4. The summed E-state index contributed by atoms with van der Waals surface area (Å²) in [5.41, 5.74) is 9.32. The van der Waals surface area contributed by atoms with Gasteiger partial charge in [-0.25, -0.2) is 0 Å². The number of fused-ring (bicyclic) bond motifs is 11. The molecule has 0 radical (unpaired) electrons. The van der Waals surface area contributed by atoms with Crippen LogP contribution in [0.15, 0.2) is 115 Å². The van der Waals surface area contributed by atoms with Gasteiger partial charge in [0.1, 0.15) is 0 Å². The summed E-state index contributed by atoms with van der Waals surface area (Å²) < 4.78 is 5.13. The van der Waals surface area contributed by atoms with Crippen molar-refractivity contribution in [2.24, 2.45) is 0 Å². The number of benzene rings is 6. The van der Waals surface area contributed by atoms with Gasteiger partial charge in [0, 0.05) is 42.0 Å². The summed E-state index contributed by atoms with van der Waals surface area (Å²) in [5.74, 6) is 0. The normalized spacial score (nSPS) is 14.1. The monoisotopic (exact) mass is 515 g/mol. The first-order chi connectivity index (χ1) is 19.1. The summed E-state index contributed by atoms with van der Waals surface area (Å²) in [6.45, 7) is 4.76. The van der Waals surface area contributed by atoms with Gasteiger partial charge in [0.15, 0.2) is 0 Å². The van der Waals surface area contributed by atoms with E-state index in [0.29, 0.717) is 0 Å². The highest BCUT2D eigenvalue weighted by Crippen LogP contribution is 2.52. The molecule has 1 aliphatic rings. The Balaban J connectivity index is 1.37. The predicted molar refractivity (Wildman–Crippen MR) is 169 cm³/mol. The summed E-state index contributed by atoms with van der Waals surface area (Å²) in [4.78, 5) is 0. The molecule has 2 aromatic heterocycles. The van der Waals surface area contributed by atoms with E-state index in [-0.39, 0.29) is 5.41 Å². The van der Waals surface area contributed by atoms with Crippen molar-refractivity contribution in [3.63, 3.8) is 0 Å². The first kappa shape index (κ1) is 21.5. The lowest BCUT2D eigenvalue weighted by molar-refractivity contribution is 0.666. The molecule has 1 aliphatic carbocycles. The van der Waals surface area contributed by atoms with E-state index in [1.165, 1.54) is 80.7 Å². The summed E-state index contributed by atoms with van der Waals surface area (Å²) >= 11 is 1.88. The first-order valence-electron chi connectivity index (χ1n) is 13.6. The van der Waals surface area contributed by atoms with Gasteiger partial charge >= 0.3 is 0 Å². The third-order valence-electron chi connectivity index (χ3n) is 8.95. The fraction of sp³-hybridized carbons (Fsp3) is 0.0811. The van der Waals surface area contributed by atoms with Crippen LogP contribution < -0.4 is 0 Å². The zero-order valence-electron chi connectivity index (χ0n) is 21.8. The fourth-order valence-corrected chi connectivity index (χ4v) is 8.35. The van der Waals surface area contributed by atoms with Gasteiger partial charge in [-0.3, -0.25) is 0 Å². The fourth-order valence-electron chi connectivity index (χ4n) is 7.21. The van der Waals surface area contributed by atoms with E-state index >= 15 is 0 Å². The van der Waals surface area contributed by atoms with Crippen LogP contribution in [0.1, 0.15) is 25.0 Å². The second-order valence-corrected chi connectivity index (χ2v) is 12.5. The number of hydrogen-bond donors (Lipinski definition) is 0. The SMILES string of the molecule is CC1(C)c2ccccc2-c2ccc3cc4c(cc3c21)c1ccccc1n4-c1ccc2c(c1)sc1ccccc12. The minimum atomic E-state index is -0.0380. The number of hydrogen-bond acceptors (Lipinski definition) is 1. The molecular weight excluding hydrogens is 490 g/mol. The molecule has 0 aliphatic heterocycles. The number of aromatic nitrogens is 1. The highest BCUT2D eigenvalue weighted by Gasteiger charge is 2.36. The Morgan fingerprint density at radius 3 is 2.23 bits per heavy atom. The van der Waals surface area contributed by atoms with Crippen molar-refractivity contribution in [1.29, 1.82) is 0 Å². The molecule has 0 unspecified atom stereocenters. The van der Waals surface area contributed by atoms with E-state index in [2.05, 4.69) is 134 Å². The molecule has 0 bridgehead atoms. The molecule has 6 aromatic carbocycles. The van der Waals surface area contributed by atoms with E-state index in [1.54, 1.807) is 0 Å². The number of rotatable bonds is 1. The molecule has 0 saturated carbocycles. The van der Waals surface area contributed by atoms with Crippen molar-refractivity contribution >= 4 is 64.1 Å². The molecule has 0 atom stereocenters. The molecule has 0 saturated heterocycles. The molecule has 0 fully saturated rings. The lowest BCUT2D eigenvalue weighted by Crippen LogP contribution is -2.15. The Hall–Kier alpha value is -4.40. The maximum Gasteiger partial charge on any atom is 0.0547 e. The van der Waals surface area contributed by atoms with Gasteiger partial charge < -0.3 is 4.57 Å². The van der Waals surface area contributed by atoms with E-state index in [0.717, 1.165) is 0 Å². The van der Waals surface area contributed by atoms with Gasteiger partial charge in [-0.1, -0.05) is 92.7 Å². The van der Waals surface area contributed by atoms with Crippen molar-refractivity contribution in [3.8, 4) is 16.8 Å². The van der Waals surface area contributed by atoms with Crippen molar-refractivity contribution in [3.05, 3.63) is 126 Å². The van der Waals surface area contributed by atoms with Crippen molar-refractivity contribution in [2.45, 2.75) is 19.3 Å². The Bertz CT molecular complexity index is 2310. The van der Waals surface area contributed by atoms with Crippen LogP contribution in [0.3, 0.4) is 0 Å². The van der Waals surface area contributed by atoms with Crippen LogP contribution in [0.4, 0.5) is 0 Å². The predicted octanol–water partition coefficient (Wildman–Crippen LogP) is 10.6. The number of para-hydroxylation sites is 1. The van der Waals surface area contributed by atoms with E-state index in [4.69, 9.17) is 0 Å². The number of thiophene rings is 1. The number of nitrogens with zero attached hydrogens (tertiary/aromatic N) is 1. The Morgan fingerprint density at radius 1 is 0.538 bits per heavy atom. The third-order valence-corrected chi connectivity index (χ3v) is 10.1. The Labute approximate surface area is 230 Å². The van der Waals surface area contributed by atoms with Crippen molar-refractivity contribution < 1.29 is 0 Å². The average molecular weight is 516 g/mol. The van der Waals surface area contributed by atoms with E-state index in [1.807, 2.05) is 11.3 Å². The van der Waals surface area contributed by atoms with Crippen LogP contribution in [0.2, 0.25) is 0 Å². The van der Waals surface area contributed by atoms with E-state index < -0.39 is 0 Å². The van der Waals surface area contributed by atoms with Crippen LogP contribution in [0.25, 0.3) is 69.6 Å². The van der Waals surface area contributed by atoms with Gasteiger partial charge in [0.05, 0.1) is 11.0 Å². The van der Waals surface area contributed by atoms with Crippen LogP contribution >= 0.6 is 11.3 Å². The van der Waals surface area contributed by atoms with Crippen molar-refractivity contribution in [1.82, 2.24) is 4.57 Å². The van der Waals surface area contributed by atoms with Crippen LogP contribution in [0.5, 0.6) is 0 Å². The largest absolute Gasteiger partial charge is 0.309 e. The third kappa shape index (κ3) is 2.74. The molecule has 184 valence electrons. The molecule has 8 aromatic rings. The molecule has 0 amide bonds.